The van der Waals surface area contributed by atoms with Crippen molar-refractivity contribution in [2.45, 2.75) is 6.42 Å². The topological polar surface area (TPSA) is 14.1 Å². The van der Waals surface area contributed by atoms with Crippen LogP contribution < -0.4 is 0 Å². The Bertz CT molecular complexity index is 75.8. The zero-order valence-electron chi connectivity index (χ0n) is 3.44. The molecule has 0 fully saturated rings. The zero-order chi connectivity index (χ0) is 4.24. The summed E-state index contributed by atoms with van der Waals surface area (Å²) in [6.07, 6.45) is 2.97. The maximum Gasteiger partial charge on any atom is 0.144 e. The third-order valence-electron chi connectivity index (χ3n) is 0.625. The number of rotatable bonds is 0. The Labute approximate surface area is 37.7 Å². The zero-order valence-corrected chi connectivity index (χ0v) is 3.44. The summed E-state index contributed by atoms with van der Waals surface area (Å²) >= 11 is 0. The van der Waals surface area contributed by atoms with Gasteiger partial charge in [-0.3, -0.25) is 0 Å². The highest BCUT2D eigenvalue weighted by molar-refractivity contribution is 5.21. The van der Waals surface area contributed by atoms with Gasteiger partial charge < -0.3 is 5.32 Å². The molecule has 1 aliphatic heterocycles. The van der Waals surface area contributed by atoms with Gasteiger partial charge >= 0.3 is 0 Å². The van der Waals surface area contributed by atoms with Crippen LogP contribution >= 0.6 is 0 Å². The molecule has 0 aromatic rings. The van der Waals surface area contributed by atoms with Crippen molar-refractivity contribution in [1.82, 2.24) is 0 Å². The summed E-state index contributed by atoms with van der Waals surface area (Å²) in [6.45, 7) is 0.826. The lowest BCUT2D eigenvalue weighted by Gasteiger charge is -2.04. The van der Waals surface area contributed by atoms with Crippen molar-refractivity contribution in [3.05, 3.63) is 11.7 Å². The van der Waals surface area contributed by atoms with Crippen LogP contribution in [0.4, 0.5) is 0 Å². The first-order valence-corrected chi connectivity index (χ1v) is 1.96. The van der Waals surface area contributed by atoms with Crippen LogP contribution in [0.5, 0.6) is 0 Å². The summed E-state index contributed by atoms with van der Waals surface area (Å²) in [5.41, 5.74) is 0. The van der Waals surface area contributed by atoms with Crippen LogP contribution in [0.3, 0.4) is 0 Å². The third-order valence-corrected chi connectivity index (χ3v) is 0.625. The van der Waals surface area contributed by atoms with Gasteiger partial charge in [0.1, 0.15) is 6.42 Å². The summed E-state index contributed by atoms with van der Waals surface area (Å²) in [5, 5.41) is 3.76. The fraction of sp³-hybridized carbons (Fsp3) is 0.400. The van der Waals surface area contributed by atoms with E-state index >= 15 is 0 Å². The van der Waals surface area contributed by atoms with Crippen molar-refractivity contribution in [2.75, 3.05) is 6.54 Å². The summed E-state index contributed by atoms with van der Waals surface area (Å²) in [6, 6.07) is 2.63. The largest absolute Gasteiger partial charge is 0.604 e. The predicted octanol–water partition coefficient (Wildman–Crippen LogP) is 0.929. The molecule has 0 N–H and O–H groups in total. The minimum atomic E-state index is 0.826. The molecule has 0 bridgehead atoms. The summed E-state index contributed by atoms with van der Waals surface area (Å²) < 4.78 is 0. The first kappa shape index (κ1) is 3.42. The molecule has 6 heavy (non-hydrogen) atoms. The molecule has 30 valence electrons. The van der Waals surface area contributed by atoms with Crippen molar-refractivity contribution < 1.29 is 0 Å². The van der Waals surface area contributed by atoms with Gasteiger partial charge in [-0.2, -0.15) is 6.04 Å². The van der Waals surface area contributed by atoms with Gasteiger partial charge in [0.2, 0.25) is 0 Å². The van der Waals surface area contributed by atoms with Crippen LogP contribution in [0.25, 0.3) is 5.32 Å². The second kappa shape index (κ2) is 1.61. The Kier molecular flexibility index (Phi) is 0.920. The second-order valence-electron chi connectivity index (χ2n) is 1.12. The molecule has 0 aliphatic carbocycles. The van der Waals surface area contributed by atoms with Crippen LogP contribution in [0.2, 0.25) is 0 Å². The molecule has 1 aliphatic rings. The Hall–Kier alpha value is -0.770. The first-order valence-electron chi connectivity index (χ1n) is 1.96. The number of nitrogens with zero attached hydrogens (tertiary/aromatic N) is 1. The molecule has 0 spiro atoms. The van der Waals surface area contributed by atoms with E-state index in [2.05, 4.69) is 23.7 Å². The summed E-state index contributed by atoms with van der Waals surface area (Å²) in [7, 11) is 0. The lowest BCUT2D eigenvalue weighted by Crippen LogP contribution is -1.85. The van der Waals surface area contributed by atoms with Gasteiger partial charge in [0.15, 0.2) is 0 Å². The minimum absolute atomic E-state index is 0.826. The number of hydrogen-bond donors (Lipinski definition) is 0. The van der Waals surface area contributed by atoms with Crippen LogP contribution in [-0.4, -0.2) is 6.54 Å². The van der Waals surface area contributed by atoms with Crippen molar-refractivity contribution >= 4 is 0 Å². The van der Waals surface area contributed by atoms with Crippen LogP contribution in [0.1, 0.15) is 6.42 Å². The van der Waals surface area contributed by atoms with Crippen LogP contribution in [0, 0.1) is 18.4 Å². The average molecular weight is 79.1 g/mol. The van der Waals surface area contributed by atoms with Gasteiger partial charge in [-0.05, 0) is 0 Å². The van der Waals surface area contributed by atoms with Crippen LogP contribution in [-0.2, 0) is 0 Å². The van der Waals surface area contributed by atoms with E-state index in [1.807, 2.05) is 0 Å². The quantitative estimate of drug-likeness (QED) is 0.303. The fourth-order valence-electron chi connectivity index (χ4n) is 0.348. The molecule has 1 rings (SSSR count). The third kappa shape index (κ3) is 0.587. The van der Waals surface area contributed by atoms with E-state index in [0.717, 1.165) is 13.0 Å². The normalized spacial score (nSPS) is 16.0. The lowest BCUT2D eigenvalue weighted by molar-refractivity contribution is 1.16. The molecule has 0 unspecified atom stereocenters. The Morgan fingerprint density at radius 3 is 2.83 bits per heavy atom. The molecule has 1 heterocycles. The van der Waals surface area contributed by atoms with Crippen molar-refractivity contribution in [1.29, 1.82) is 0 Å². The van der Waals surface area contributed by atoms with E-state index in [4.69, 9.17) is 0 Å². The van der Waals surface area contributed by atoms with Gasteiger partial charge in [0.05, 0.1) is 6.42 Å². The molecule has 0 atom stereocenters. The Morgan fingerprint density at radius 1 is 1.67 bits per heavy atom. The molecule has 0 radical (unpaired) electrons. The van der Waals surface area contributed by atoms with E-state index in [9.17, 15) is 0 Å². The predicted molar refractivity (Wildman–Crippen MR) is 24.9 cm³/mol. The summed E-state index contributed by atoms with van der Waals surface area (Å²) in [4.78, 5) is 0. The molecular weight excluding hydrogens is 74.1 g/mol. The van der Waals surface area contributed by atoms with Crippen LogP contribution in [0.15, 0.2) is 0 Å². The molecule has 1 heteroatoms. The van der Waals surface area contributed by atoms with E-state index in [1.165, 1.54) is 0 Å². The fourth-order valence-corrected chi connectivity index (χ4v) is 0.348. The van der Waals surface area contributed by atoms with E-state index in [-0.39, 0.29) is 0 Å². The highest BCUT2D eigenvalue weighted by Crippen LogP contribution is 1.95. The summed E-state index contributed by atoms with van der Waals surface area (Å²) in [5.74, 6) is 2.81. The highest BCUT2D eigenvalue weighted by Gasteiger charge is 1.85. The molecular formula is C5H5N. The van der Waals surface area contributed by atoms with Crippen molar-refractivity contribution in [3.8, 4) is 12.0 Å². The highest BCUT2D eigenvalue weighted by atomic mass is 14.8. The Morgan fingerprint density at radius 2 is 2.67 bits per heavy atom. The number of hydrogen-bond acceptors (Lipinski definition) is 0. The lowest BCUT2D eigenvalue weighted by atomic mass is 10.3. The maximum absolute atomic E-state index is 3.76. The monoisotopic (exact) mass is 79.0 g/mol. The van der Waals surface area contributed by atoms with Gasteiger partial charge in [0, 0.05) is 6.54 Å². The minimum Gasteiger partial charge on any atom is -0.604 e. The molecule has 0 aromatic carbocycles. The van der Waals surface area contributed by atoms with Gasteiger partial charge in [-0.15, -0.1) is 0 Å². The van der Waals surface area contributed by atoms with E-state index in [0.29, 0.717) is 0 Å². The van der Waals surface area contributed by atoms with Gasteiger partial charge in [-0.1, -0.05) is 5.92 Å². The SMILES string of the molecule is C1#C[N-]C[CH+]C1. The van der Waals surface area contributed by atoms with E-state index in [1.54, 1.807) is 0 Å². The first-order chi connectivity index (χ1) is 3.00. The average Bonchev–Trinajstić information content (AvgIpc) is 1.72. The van der Waals surface area contributed by atoms with Crippen molar-refractivity contribution in [3.63, 3.8) is 0 Å². The van der Waals surface area contributed by atoms with E-state index < -0.39 is 0 Å². The molecule has 0 aromatic heterocycles. The molecule has 0 saturated carbocycles. The standard InChI is InChI=1S/C5H5N/c1-2-4-6-5-3-1/h2H,1,4H2. The molecule has 0 saturated heterocycles. The van der Waals surface area contributed by atoms with Gasteiger partial charge in [0.25, 0.3) is 0 Å². The second-order valence-corrected chi connectivity index (χ2v) is 1.12. The van der Waals surface area contributed by atoms with Gasteiger partial charge in [-0.25, -0.2) is 0 Å². The van der Waals surface area contributed by atoms with Crippen molar-refractivity contribution in [2.24, 2.45) is 0 Å². The molecule has 0 amide bonds. The Balaban J connectivity index is 2.36. The smallest absolute Gasteiger partial charge is 0.144 e. The maximum atomic E-state index is 3.76. The molecule has 1 nitrogen and oxygen atoms in total.